The number of phenols is 1. The SMILES string of the molecule is CCC(C)(Oc1ccc(C(=O)c2ccc(Oc3cc(C(C)C)c(CC4CC(C)=C(C(C)O)C=C4C(C)C)cc3C)cc2)cc1)c1cc(C(C)C)c(Cc2cc(C)c(O)cc2C(C)C)cc1C. The summed E-state index contributed by atoms with van der Waals surface area (Å²) in [4.78, 5) is 13.8. The van der Waals surface area contributed by atoms with E-state index >= 15 is 0 Å². The van der Waals surface area contributed by atoms with Gasteiger partial charge in [-0.15, -0.1) is 0 Å². The van der Waals surface area contributed by atoms with Gasteiger partial charge in [0.2, 0.25) is 0 Å². The molecule has 6 rings (SSSR count). The monoisotopic (exact) mass is 889 g/mol. The average Bonchev–Trinajstić information content (AvgIpc) is 3.25. The number of allylic oxidation sites excluding steroid dienone is 2. The number of aliphatic hydroxyl groups is 1. The van der Waals surface area contributed by atoms with Crippen LogP contribution in [0.4, 0.5) is 0 Å². The van der Waals surface area contributed by atoms with Gasteiger partial charge in [0, 0.05) is 11.1 Å². The summed E-state index contributed by atoms with van der Waals surface area (Å²) in [5.41, 5.74) is 16.3. The molecule has 0 spiro atoms. The highest BCUT2D eigenvalue weighted by atomic mass is 16.5. The minimum absolute atomic E-state index is 0.0605. The number of carbonyl (C=O) groups is 1. The normalized spacial score (nSPS) is 15.7. The fourth-order valence-corrected chi connectivity index (χ4v) is 10.1. The van der Waals surface area contributed by atoms with Gasteiger partial charge in [-0.25, -0.2) is 0 Å². The predicted molar refractivity (Wildman–Crippen MR) is 274 cm³/mol. The fourth-order valence-electron chi connectivity index (χ4n) is 10.1. The lowest BCUT2D eigenvalue weighted by atomic mass is 9.74. The first kappa shape index (κ1) is 50.0. The number of hydrogen-bond acceptors (Lipinski definition) is 5. The highest BCUT2D eigenvalue weighted by Crippen LogP contribution is 2.41. The summed E-state index contributed by atoms with van der Waals surface area (Å²) in [6.07, 6.45) is 5.26. The molecule has 2 N–H and O–H groups in total. The van der Waals surface area contributed by atoms with Crippen molar-refractivity contribution in [2.24, 2.45) is 11.8 Å². The van der Waals surface area contributed by atoms with E-state index in [9.17, 15) is 15.0 Å². The number of aromatic hydroxyl groups is 1. The number of carbonyl (C=O) groups excluding carboxylic acids is 1. The molecule has 3 atom stereocenters. The van der Waals surface area contributed by atoms with Gasteiger partial charge in [-0.05, 0) is 219 Å². The lowest BCUT2D eigenvalue weighted by Crippen LogP contribution is -2.30. The van der Waals surface area contributed by atoms with Crippen LogP contribution in [-0.4, -0.2) is 22.1 Å². The van der Waals surface area contributed by atoms with Crippen LogP contribution in [0.2, 0.25) is 0 Å². The highest BCUT2D eigenvalue weighted by molar-refractivity contribution is 6.09. The van der Waals surface area contributed by atoms with Gasteiger partial charge < -0.3 is 19.7 Å². The third-order valence-corrected chi connectivity index (χ3v) is 14.1. The van der Waals surface area contributed by atoms with Crippen LogP contribution < -0.4 is 9.47 Å². The molecule has 5 heteroatoms. The van der Waals surface area contributed by atoms with Crippen LogP contribution in [-0.2, 0) is 18.4 Å². The van der Waals surface area contributed by atoms with Crippen molar-refractivity contribution in [3.8, 4) is 23.0 Å². The van der Waals surface area contributed by atoms with Crippen LogP contribution >= 0.6 is 0 Å². The molecule has 0 amide bonds. The van der Waals surface area contributed by atoms with Crippen molar-refractivity contribution in [1.29, 1.82) is 0 Å². The Hall–Kier alpha value is -5.39. The molecular formula is C61H76O5. The first-order valence-corrected chi connectivity index (χ1v) is 24.4. The number of aryl methyl sites for hydroxylation is 3. The zero-order chi connectivity index (χ0) is 48.4. The number of ether oxygens (including phenoxy) is 2. The summed E-state index contributed by atoms with van der Waals surface area (Å²) < 4.78 is 13.4. The van der Waals surface area contributed by atoms with Gasteiger partial charge in [0.05, 0.1) is 6.10 Å². The fraction of sp³-hybridized carbons (Fsp3) is 0.426. The Labute approximate surface area is 397 Å². The Morgan fingerprint density at radius 2 is 1.18 bits per heavy atom. The van der Waals surface area contributed by atoms with Crippen LogP contribution in [0, 0.1) is 32.6 Å². The smallest absolute Gasteiger partial charge is 0.193 e. The summed E-state index contributed by atoms with van der Waals surface area (Å²) in [5.74, 6) is 4.23. The molecule has 66 heavy (non-hydrogen) atoms. The zero-order valence-electron chi connectivity index (χ0n) is 42.6. The summed E-state index contributed by atoms with van der Waals surface area (Å²) in [5, 5.41) is 20.9. The molecule has 0 bridgehead atoms. The summed E-state index contributed by atoms with van der Waals surface area (Å²) in [7, 11) is 0. The highest BCUT2D eigenvalue weighted by Gasteiger charge is 2.31. The maximum Gasteiger partial charge on any atom is 0.193 e. The number of phenolic OH excluding ortho intramolecular Hbond substituents is 1. The predicted octanol–water partition coefficient (Wildman–Crippen LogP) is 15.8. The summed E-state index contributed by atoms with van der Waals surface area (Å²) in [6.45, 7) is 32.5. The lowest BCUT2D eigenvalue weighted by molar-refractivity contribution is 0.0818. The van der Waals surface area contributed by atoms with Crippen LogP contribution in [0.3, 0.4) is 0 Å². The first-order chi connectivity index (χ1) is 31.1. The second-order valence-corrected chi connectivity index (χ2v) is 20.6. The zero-order valence-corrected chi connectivity index (χ0v) is 42.6. The van der Waals surface area contributed by atoms with E-state index in [4.69, 9.17) is 9.47 Å². The van der Waals surface area contributed by atoms with Crippen LogP contribution in [0.5, 0.6) is 23.0 Å². The maximum atomic E-state index is 13.8. The van der Waals surface area contributed by atoms with E-state index < -0.39 is 11.7 Å². The quantitative estimate of drug-likeness (QED) is 0.0910. The van der Waals surface area contributed by atoms with Gasteiger partial charge in [-0.1, -0.05) is 104 Å². The van der Waals surface area contributed by atoms with Crippen molar-refractivity contribution in [3.63, 3.8) is 0 Å². The second kappa shape index (κ2) is 20.6. The van der Waals surface area contributed by atoms with Gasteiger partial charge in [0.15, 0.2) is 5.78 Å². The first-order valence-electron chi connectivity index (χ1n) is 24.4. The van der Waals surface area contributed by atoms with Crippen molar-refractivity contribution in [3.05, 3.63) is 174 Å². The van der Waals surface area contributed by atoms with Gasteiger partial charge >= 0.3 is 0 Å². The Balaban J connectivity index is 1.16. The Kier molecular flexibility index (Phi) is 15.6. The van der Waals surface area contributed by atoms with Crippen molar-refractivity contribution < 1.29 is 24.5 Å². The van der Waals surface area contributed by atoms with Crippen molar-refractivity contribution in [2.75, 3.05) is 0 Å². The topological polar surface area (TPSA) is 76.0 Å². The van der Waals surface area contributed by atoms with Gasteiger partial charge in [0.25, 0.3) is 0 Å². The lowest BCUT2D eigenvalue weighted by Gasteiger charge is -2.33. The molecule has 0 radical (unpaired) electrons. The molecule has 5 aromatic rings. The third kappa shape index (κ3) is 11.1. The molecule has 0 fully saturated rings. The van der Waals surface area contributed by atoms with Gasteiger partial charge in [0.1, 0.15) is 28.6 Å². The molecule has 1 aliphatic rings. The standard InChI is InChI=1S/C61H76O5/c1-16-61(15,57-32-53(36(4)5)47(26-40(57)11)30-48-27-41(12)58(63)33-54(48)37(6)7)66-51-23-19-45(20-24-51)60(64)44-17-21-50(22-18-44)65-59-34-55(38(8)9)49(28-42(59)13)29-46-25-39(10)56(43(14)62)31-52(46)35(2)3/h17-24,26-28,31-38,43,46,62-63H,16,25,29-30H2,1-15H3. The van der Waals surface area contributed by atoms with Crippen molar-refractivity contribution >= 4 is 5.78 Å². The molecule has 0 heterocycles. The molecule has 0 aliphatic heterocycles. The maximum absolute atomic E-state index is 13.8. The third-order valence-electron chi connectivity index (χ3n) is 14.1. The Morgan fingerprint density at radius 1 is 0.667 bits per heavy atom. The van der Waals surface area contributed by atoms with Gasteiger partial charge in [-0.3, -0.25) is 4.79 Å². The van der Waals surface area contributed by atoms with E-state index in [1.807, 2.05) is 68.4 Å². The number of hydrogen-bond donors (Lipinski definition) is 2. The average molecular weight is 889 g/mol. The van der Waals surface area contributed by atoms with E-state index in [0.29, 0.717) is 58.0 Å². The Morgan fingerprint density at radius 3 is 1.71 bits per heavy atom. The second-order valence-electron chi connectivity index (χ2n) is 20.6. The van der Waals surface area contributed by atoms with E-state index in [1.54, 1.807) is 0 Å². The molecule has 1 aliphatic carbocycles. The van der Waals surface area contributed by atoms with E-state index in [0.717, 1.165) is 53.7 Å². The van der Waals surface area contributed by atoms with E-state index in [2.05, 4.69) is 126 Å². The minimum atomic E-state index is -0.592. The molecule has 0 saturated carbocycles. The van der Waals surface area contributed by atoms with Crippen LogP contribution in [0.15, 0.2) is 108 Å². The summed E-state index contributed by atoms with van der Waals surface area (Å²) >= 11 is 0. The molecule has 5 nitrogen and oxygen atoms in total. The largest absolute Gasteiger partial charge is 0.508 e. The van der Waals surface area contributed by atoms with Crippen molar-refractivity contribution in [1.82, 2.24) is 0 Å². The van der Waals surface area contributed by atoms with Crippen LogP contribution in [0.25, 0.3) is 0 Å². The van der Waals surface area contributed by atoms with Crippen molar-refractivity contribution in [2.45, 2.75) is 159 Å². The minimum Gasteiger partial charge on any atom is -0.508 e. The molecule has 3 unspecified atom stereocenters. The molecule has 0 saturated heterocycles. The Bertz CT molecular complexity index is 2600. The van der Waals surface area contributed by atoms with E-state index in [1.165, 1.54) is 50.1 Å². The summed E-state index contributed by atoms with van der Waals surface area (Å²) in [6, 6.07) is 28.2. The van der Waals surface area contributed by atoms with E-state index in [-0.39, 0.29) is 5.78 Å². The van der Waals surface area contributed by atoms with Crippen LogP contribution in [0.1, 0.15) is 185 Å². The number of ketones is 1. The number of aliphatic hydroxyl groups excluding tert-OH is 1. The molecular weight excluding hydrogens is 813 g/mol. The van der Waals surface area contributed by atoms with Gasteiger partial charge in [-0.2, -0.15) is 0 Å². The number of rotatable bonds is 17. The molecule has 5 aromatic carbocycles. The number of benzene rings is 5. The molecule has 350 valence electrons. The molecule has 0 aromatic heterocycles.